The minimum Gasteiger partial charge on any atom is -0.481 e. The molecule has 1 unspecified atom stereocenters. The Labute approximate surface area is 130 Å². The summed E-state index contributed by atoms with van der Waals surface area (Å²) < 4.78 is 31.5. The molecule has 0 saturated heterocycles. The van der Waals surface area contributed by atoms with Gasteiger partial charge in [-0.25, -0.2) is 0 Å². The smallest absolute Gasteiger partial charge is 0.329 e. The summed E-state index contributed by atoms with van der Waals surface area (Å²) in [4.78, 5) is 23.9. The van der Waals surface area contributed by atoms with Crippen molar-refractivity contribution in [1.29, 1.82) is 0 Å². The molecule has 8 heteroatoms. The Balaban J connectivity index is 3.77. The van der Waals surface area contributed by atoms with E-state index in [1.54, 1.807) is 0 Å². The van der Waals surface area contributed by atoms with Gasteiger partial charge in [0.15, 0.2) is 0 Å². The van der Waals surface area contributed by atoms with Gasteiger partial charge in [-0.3, -0.25) is 14.1 Å². The molecule has 1 rings (SSSR count). The van der Waals surface area contributed by atoms with Gasteiger partial charge < -0.3 is 10.2 Å². The highest BCUT2D eigenvalue weighted by atomic mass is 32.2. The molecule has 7 nitrogen and oxygen atoms in total. The molecule has 0 radical (unpaired) electrons. The highest BCUT2D eigenvalue weighted by Gasteiger charge is 2.70. The van der Waals surface area contributed by atoms with Gasteiger partial charge >= 0.3 is 11.9 Å². The third kappa shape index (κ3) is 2.52. The number of aliphatic carboxylic acids is 2. The number of carboxylic acid groups (broad SMARTS) is 2. The zero-order valence-corrected chi connectivity index (χ0v) is 13.7. The molecule has 0 bridgehead atoms. The molecule has 3 N–H and O–H groups in total. The molecule has 1 aliphatic rings. The Morgan fingerprint density at radius 1 is 1.00 bits per heavy atom. The molecule has 0 spiro atoms. The first-order valence-corrected chi connectivity index (χ1v) is 8.99. The summed E-state index contributed by atoms with van der Waals surface area (Å²) in [5.41, 5.74) is -2.06. The van der Waals surface area contributed by atoms with Crippen molar-refractivity contribution in [2.24, 2.45) is 11.3 Å². The van der Waals surface area contributed by atoms with Crippen molar-refractivity contribution < 1.29 is 32.8 Å². The van der Waals surface area contributed by atoms with Crippen molar-refractivity contribution in [3.8, 4) is 0 Å². The van der Waals surface area contributed by atoms with Crippen molar-refractivity contribution >= 4 is 22.1 Å². The topological polar surface area (TPSA) is 129 Å². The summed E-state index contributed by atoms with van der Waals surface area (Å²) in [6.45, 7) is 2.90. The summed E-state index contributed by atoms with van der Waals surface area (Å²) in [7, 11) is -5.13. The van der Waals surface area contributed by atoms with Gasteiger partial charge in [0.25, 0.3) is 10.1 Å². The zero-order valence-electron chi connectivity index (χ0n) is 12.9. The van der Waals surface area contributed by atoms with E-state index in [9.17, 15) is 32.8 Å². The predicted octanol–water partition coefficient (Wildman–Crippen LogP) is 2.17. The minimum absolute atomic E-state index is 0.193. The number of hydrogen-bond acceptors (Lipinski definition) is 4. The minimum atomic E-state index is -5.13. The second-order valence-electron chi connectivity index (χ2n) is 5.95. The molecule has 0 aromatic carbocycles. The van der Waals surface area contributed by atoms with Crippen molar-refractivity contribution in [1.82, 2.24) is 0 Å². The van der Waals surface area contributed by atoms with Crippen molar-refractivity contribution in [3.63, 3.8) is 0 Å². The molecule has 1 saturated carbocycles. The second-order valence-corrected chi connectivity index (χ2v) is 7.54. The standard InChI is InChI=1S/C14H24O7S/c1-3-13(4-2,11(15)16)14(12(17)18,22(19,20)21)10-8-6-5-7-9-10/h10H,3-9H2,1-2H3,(H,15,16)(H,17,18)(H,19,20,21). The number of rotatable bonds is 7. The van der Waals surface area contributed by atoms with Gasteiger partial charge in [0.2, 0.25) is 4.75 Å². The van der Waals surface area contributed by atoms with Crippen molar-refractivity contribution in [3.05, 3.63) is 0 Å². The maximum Gasteiger partial charge on any atom is 0.329 e. The number of carbonyl (C=O) groups is 2. The van der Waals surface area contributed by atoms with E-state index in [0.717, 1.165) is 6.42 Å². The number of carboxylic acids is 2. The first-order valence-electron chi connectivity index (χ1n) is 7.55. The van der Waals surface area contributed by atoms with Crippen LogP contribution in [0.5, 0.6) is 0 Å². The summed E-state index contributed by atoms with van der Waals surface area (Å²) in [5.74, 6) is -4.18. The molecular formula is C14H24O7S. The third-order valence-corrected chi connectivity index (χ3v) is 6.94. The first kappa shape index (κ1) is 18.9. The van der Waals surface area contributed by atoms with Crippen LogP contribution in [0.2, 0.25) is 0 Å². The van der Waals surface area contributed by atoms with Crippen molar-refractivity contribution in [2.45, 2.75) is 63.5 Å². The SMILES string of the molecule is CCC(CC)(C(=O)O)C(C(=O)O)(C1CCCCC1)S(=O)(=O)O. The fourth-order valence-electron chi connectivity index (χ4n) is 4.08. The molecular weight excluding hydrogens is 312 g/mol. The summed E-state index contributed by atoms with van der Waals surface area (Å²) in [5, 5.41) is 19.4. The molecule has 0 amide bonds. The van der Waals surface area contributed by atoms with Gasteiger partial charge in [0.05, 0.1) is 0 Å². The summed E-state index contributed by atoms with van der Waals surface area (Å²) in [6.07, 6.45) is 2.26. The highest BCUT2D eigenvalue weighted by molar-refractivity contribution is 7.88. The number of hydrogen-bond donors (Lipinski definition) is 3. The molecule has 22 heavy (non-hydrogen) atoms. The van der Waals surface area contributed by atoms with Crippen molar-refractivity contribution in [2.75, 3.05) is 0 Å². The van der Waals surface area contributed by atoms with Crippen LogP contribution in [0.3, 0.4) is 0 Å². The van der Waals surface area contributed by atoms with Gasteiger partial charge in [0, 0.05) is 0 Å². The van der Waals surface area contributed by atoms with Crippen LogP contribution in [0.4, 0.5) is 0 Å². The molecule has 1 fully saturated rings. The average Bonchev–Trinajstić information content (AvgIpc) is 2.43. The lowest BCUT2D eigenvalue weighted by atomic mass is 9.62. The summed E-state index contributed by atoms with van der Waals surface area (Å²) in [6, 6.07) is 0. The average molecular weight is 336 g/mol. The van der Waals surface area contributed by atoms with E-state index in [4.69, 9.17) is 0 Å². The van der Waals surface area contributed by atoms with Crippen LogP contribution in [0.1, 0.15) is 58.8 Å². The lowest BCUT2D eigenvalue weighted by molar-refractivity contribution is -0.164. The largest absolute Gasteiger partial charge is 0.481 e. The molecule has 0 aliphatic heterocycles. The van der Waals surface area contributed by atoms with E-state index in [2.05, 4.69) is 0 Å². The zero-order chi connectivity index (χ0) is 17.2. The van der Waals surface area contributed by atoms with Gasteiger partial charge in [-0.15, -0.1) is 0 Å². The van der Waals surface area contributed by atoms with Gasteiger partial charge in [-0.05, 0) is 31.6 Å². The van der Waals surface area contributed by atoms with Gasteiger partial charge in [-0.1, -0.05) is 33.1 Å². The van der Waals surface area contributed by atoms with Crippen LogP contribution in [0.25, 0.3) is 0 Å². The molecule has 0 heterocycles. The third-order valence-electron chi connectivity index (χ3n) is 5.23. The van der Waals surface area contributed by atoms with Gasteiger partial charge in [0.1, 0.15) is 5.41 Å². The molecule has 0 aromatic rings. The summed E-state index contributed by atoms with van der Waals surface area (Å²) >= 11 is 0. The lowest BCUT2D eigenvalue weighted by Crippen LogP contribution is -2.66. The maximum absolute atomic E-state index is 12.2. The Hall–Kier alpha value is -1.15. The monoisotopic (exact) mass is 336 g/mol. The Kier molecular flexibility index (Phi) is 5.61. The van der Waals surface area contributed by atoms with Gasteiger partial charge in [-0.2, -0.15) is 8.42 Å². The van der Waals surface area contributed by atoms with E-state index in [1.165, 1.54) is 13.8 Å². The quantitative estimate of drug-likeness (QED) is 0.607. The maximum atomic E-state index is 12.2. The second kappa shape index (κ2) is 6.54. The molecule has 1 aliphatic carbocycles. The Morgan fingerprint density at radius 3 is 1.73 bits per heavy atom. The first-order chi connectivity index (χ1) is 10.1. The highest BCUT2D eigenvalue weighted by Crippen LogP contribution is 2.52. The molecule has 1 atom stereocenters. The van der Waals surface area contributed by atoms with E-state index in [0.29, 0.717) is 12.8 Å². The lowest BCUT2D eigenvalue weighted by Gasteiger charge is -2.47. The van der Waals surface area contributed by atoms with E-state index in [1.807, 2.05) is 0 Å². The van der Waals surface area contributed by atoms with E-state index < -0.39 is 38.1 Å². The fraction of sp³-hybridized carbons (Fsp3) is 0.857. The normalized spacial score (nSPS) is 20.3. The Bertz CT molecular complexity index is 529. The molecule has 0 aromatic heterocycles. The van der Waals surface area contributed by atoms with E-state index >= 15 is 0 Å². The molecule has 128 valence electrons. The van der Waals surface area contributed by atoms with Crippen LogP contribution in [0, 0.1) is 11.3 Å². The Morgan fingerprint density at radius 2 is 1.45 bits per heavy atom. The van der Waals surface area contributed by atoms with Crippen LogP contribution < -0.4 is 0 Å². The van der Waals surface area contributed by atoms with Crippen LogP contribution >= 0.6 is 0 Å². The van der Waals surface area contributed by atoms with Crippen LogP contribution in [-0.2, 0) is 19.7 Å². The van der Waals surface area contributed by atoms with Crippen LogP contribution in [-0.4, -0.2) is 39.9 Å². The predicted molar refractivity (Wildman–Crippen MR) is 79.1 cm³/mol. The van der Waals surface area contributed by atoms with Crippen LogP contribution in [0.15, 0.2) is 0 Å². The van der Waals surface area contributed by atoms with E-state index in [-0.39, 0.29) is 25.7 Å². The fourth-order valence-corrected chi connectivity index (χ4v) is 5.83.